The van der Waals surface area contributed by atoms with Crippen molar-refractivity contribution in [3.63, 3.8) is 0 Å². The minimum atomic E-state index is -0.224. The summed E-state index contributed by atoms with van der Waals surface area (Å²) < 4.78 is 0. The van der Waals surface area contributed by atoms with E-state index in [2.05, 4.69) is 31.9 Å². The molecule has 0 aliphatic carbocycles. The second-order valence-corrected chi connectivity index (χ2v) is 6.64. The summed E-state index contributed by atoms with van der Waals surface area (Å²) in [7, 11) is 0. The van der Waals surface area contributed by atoms with Crippen molar-refractivity contribution < 1.29 is 4.79 Å². The molecule has 1 atom stereocenters. The van der Waals surface area contributed by atoms with E-state index in [1.165, 1.54) is 12.5 Å². The van der Waals surface area contributed by atoms with Crippen LogP contribution in [0.2, 0.25) is 0 Å². The molecule has 2 aromatic rings. The predicted molar refractivity (Wildman–Crippen MR) is 100 cm³/mol. The minimum absolute atomic E-state index is 0.179. The van der Waals surface area contributed by atoms with Crippen molar-refractivity contribution in [3.05, 3.63) is 30.9 Å². The average molecular weight is 338 g/mol. The monoisotopic (exact) mass is 338 g/mol. The molecule has 130 valence electrons. The number of rotatable bonds is 4. The molecule has 7 heteroatoms. The number of hydrogen-bond acceptors (Lipinski definition) is 6. The van der Waals surface area contributed by atoms with E-state index in [4.69, 9.17) is 5.73 Å². The Bertz CT molecular complexity index is 832. The number of benzene rings is 1. The molecule has 4 rings (SSSR count). The largest absolute Gasteiger partial charge is 0.354 e. The van der Waals surface area contributed by atoms with Gasteiger partial charge in [-0.2, -0.15) is 0 Å². The fourth-order valence-electron chi connectivity index (χ4n) is 3.37. The van der Waals surface area contributed by atoms with Gasteiger partial charge in [-0.1, -0.05) is 6.58 Å². The minimum Gasteiger partial charge on any atom is -0.354 e. The molecule has 0 spiro atoms. The van der Waals surface area contributed by atoms with E-state index in [1.807, 2.05) is 18.2 Å². The van der Waals surface area contributed by atoms with Gasteiger partial charge < -0.3 is 20.9 Å². The summed E-state index contributed by atoms with van der Waals surface area (Å²) in [5.41, 5.74) is 6.79. The van der Waals surface area contributed by atoms with Crippen LogP contribution in [0.1, 0.15) is 12.8 Å². The van der Waals surface area contributed by atoms with Crippen molar-refractivity contribution in [1.29, 1.82) is 0 Å². The van der Waals surface area contributed by atoms with Gasteiger partial charge in [0.2, 0.25) is 5.91 Å². The number of anilines is 3. The lowest BCUT2D eigenvalue weighted by Crippen LogP contribution is -2.38. The van der Waals surface area contributed by atoms with E-state index in [1.54, 1.807) is 0 Å². The van der Waals surface area contributed by atoms with Gasteiger partial charge in [-0.05, 0) is 37.1 Å². The summed E-state index contributed by atoms with van der Waals surface area (Å²) >= 11 is 0. The first-order valence-corrected chi connectivity index (χ1v) is 8.65. The number of hydrogen-bond donors (Lipinski definition) is 2. The van der Waals surface area contributed by atoms with Gasteiger partial charge in [0, 0.05) is 48.7 Å². The van der Waals surface area contributed by atoms with Crippen LogP contribution in [0.15, 0.2) is 30.9 Å². The van der Waals surface area contributed by atoms with Crippen LogP contribution >= 0.6 is 0 Å². The number of carbonyl (C=O) groups is 1. The highest BCUT2D eigenvalue weighted by Crippen LogP contribution is 2.35. The molecule has 7 nitrogen and oxygen atoms in total. The summed E-state index contributed by atoms with van der Waals surface area (Å²) in [5, 5.41) is 13.9. The lowest BCUT2D eigenvalue weighted by molar-refractivity contribution is -0.111. The van der Waals surface area contributed by atoms with Crippen LogP contribution in [0.5, 0.6) is 0 Å². The molecule has 2 saturated heterocycles. The van der Waals surface area contributed by atoms with Gasteiger partial charge in [0.15, 0.2) is 11.6 Å². The van der Waals surface area contributed by atoms with Crippen molar-refractivity contribution in [3.8, 4) is 0 Å². The van der Waals surface area contributed by atoms with Crippen LogP contribution in [-0.4, -0.2) is 48.3 Å². The average Bonchev–Trinajstić information content (AvgIpc) is 2.99. The smallest absolute Gasteiger partial charge is 0.247 e. The zero-order chi connectivity index (χ0) is 17.4. The molecular weight excluding hydrogens is 316 g/mol. The Balaban J connectivity index is 1.80. The van der Waals surface area contributed by atoms with Gasteiger partial charge in [0.05, 0.1) is 0 Å². The van der Waals surface area contributed by atoms with Gasteiger partial charge >= 0.3 is 0 Å². The van der Waals surface area contributed by atoms with Gasteiger partial charge in [0.1, 0.15) is 0 Å². The summed E-state index contributed by atoms with van der Waals surface area (Å²) in [4.78, 5) is 16.0. The normalized spacial score (nSPS) is 19.8. The Labute approximate surface area is 146 Å². The standard InChI is InChI=1S/C18H22N6O/c1-2-16(25)20-13-4-5-14-15(10-13)18(23-7-3-8-23)22-21-17(14)24-9-6-12(19)11-24/h2,4-5,10,12H,1,3,6-9,11,19H2,(H,20,25). The molecule has 2 fully saturated rings. The van der Waals surface area contributed by atoms with Crippen LogP contribution in [0.4, 0.5) is 17.3 Å². The number of fused-ring (bicyclic) bond motifs is 1. The fraction of sp³-hybridized carbons (Fsp3) is 0.389. The van der Waals surface area contributed by atoms with Crippen molar-refractivity contribution in [2.75, 3.05) is 41.3 Å². The molecule has 1 aromatic heterocycles. The predicted octanol–water partition coefficient (Wildman–Crippen LogP) is 1.50. The molecule has 1 amide bonds. The van der Waals surface area contributed by atoms with Gasteiger partial charge in [-0.15, -0.1) is 10.2 Å². The molecule has 2 aliphatic heterocycles. The highest BCUT2D eigenvalue weighted by Gasteiger charge is 2.25. The van der Waals surface area contributed by atoms with Crippen LogP contribution in [0.3, 0.4) is 0 Å². The summed E-state index contributed by atoms with van der Waals surface area (Å²) in [6.45, 7) is 7.16. The molecule has 0 radical (unpaired) electrons. The van der Waals surface area contributed by atoms with Crippen LogP contribution in [0, 0.1) is 0 Å². The van der Waals surface area contributed by atoms with E-state index >= 15 is 0 Å². The first-order valence-electron chi connectivity index (χ1n) is 8.65. The second kappa shape index (κ2) is 6.33. The van der Waals surface area contributed by atoms with Crippen molar-refractivity contribution in [2.45, 2.75) is 18.9 Å². The zero-order valence-corrected chi connectivity index (χ0v) is 14.1. The maximum absolute atomic E-state index is 11.6. The van der Waals surface area contributed by atoms with Gasteiger partial charge in [-0.25, -0.2) is 0 Å². The van der Waals surface area contributed by atoms with Crippen LogP contribution in [0.25, 0.3) is 10.8 Å². The first-order chi connectivity index (χ1) is 12.2. The molecule has 1 unspecified atom stereocenters. The highest BCUT2D eigenvalue weighted by molar-refractivity contribution is 6.04. The van der Waals surface area contributed by atoms with Crippen LogP contribution < -0.4 is 20.9 Å². The molecule has 0 bridgehead atoms. The number of nitrogens with two attached hydrogens (primary N) is 1. The van der Waals surface area contributed by atoms with E-state index in [0.29, 0.717) is 0 Å². The lowest BCUT2D eigenvalue weighted by atomic mass is 10.1. The maximum atomic E-state index is 11.6. The Kier molecular flexibility index (Phi) is 4.01. The summed E-state index contributed by atoms with van der Waals surface area (Å²) in [6, 6.07) is 6.05. The molecule has 25 heavy (non-hydrogen) atoms. The maximum Gasteiger partial charge on any atom is 0.247 e. The molecule has 0 saturated carbocycles. The SMILES string of the molecule is C=CC(=O)Nc1ccc2c(N3CCC(N)C3)nnc(N3CCC3)c2c1. The van der Waals surface area contributed by atoms with Crippen LogP contribution in [-0.2, 0) is 4.79 Å². The highest BCUT2D eigenvalue weighted by atomic mass is 16.1. The zero-order valence-electron chi connectivity index (χ0n) is 14.1. The topological polar surface area (TPSA) is 87.4 Å². The van der Waals surface area contributed by atoms with E-state index in [-0.39, 0.29) is 11.9 Å². The molecule has 3 heterocycles. The van der Waals surface area contributed by atoms with Crippen molar-refractivity contribution >= 4 is 34.0 Å². The lowest BCUT2D eigenvalue weighted by Gasteiger charge is -2.33. The fourth-order valence-corrected chi connectivity index (χ4v) is 3.37. The summed E-state index contributed by atoms with van der Waals surface area (Å²) in [6.07, 6.45) is 3.39. The van der Waals surface area contributed by atoms with Crippen molar-refractivity contribution in [1.82, 2.24) is 10.2 Å². The molecule has 2 aliphatic rings. The molecule has 1 aromatic carbocycles. The van der Waals surface area contributed by atoms with Crippen molar-refractivity contribution in [2.24, 2.45) is 5.73 Å². The Morgan fingerprint density at radius 2 is 1.96 bits per heavy atom. The Morgan fingerprint density at radius 1 is 1.20 bits per heavy atom. The number of carbonyl (C=O) groups excluding carboxylic acids is 1. The van der Waals surface area contributed by atoms with Gasteiger partial charge in [-0.3, -0.25) is 4.79 Å². The third kappa shape index (κ3) is 2.91. The third-order valence-electron chi connectivity index (χ3n) is 4.87. The number of aromatic nitrogens is 2. The van der Waals surface area contributed by atoms with Gasteiger partial charge in [0.25, 0.3) is 0 Å². The first kappa shape index (κ1) is 15.8. The number of nitrogens with zero attached hydrogens (tertiary/aromatic N) is 4. The Morgan fingerprint density at radius 3 is 2.56 bits per heavy atom. The molecule has 3 N–H and O–H groups in total. The second-order valence-electron chi connectivity index (χ2n) is 6.64. The number of nitrogens with one attached hydrogen (secondary N) is 1. The van der Waals surface area contributed by atoms with E-state index in [9.17, 15) is 4.79 Å². The quantitative estimate of drug-likeness (QED) is 0.822. The Hall–Kier alpha value is -2.67. The van der Waals surface area contributed by atoms with E-state index in [0.717, 1.165) is 60.7 Å². The molecular formula is C18H22N6O. The third-order valence-corrected chi connectivity index (χ3v) is 4.87. The summed E-state index contributed by atoms with van der Waals surface area (Å²) in [5.74, 6) is 1.52. The van der Waals surface area contributed by atoms with E-state index < -0.39 is 0 Å². The number of amides is 1.